The van der Waals surface area contributed by atoms with E-state index in [0.29, 0.717) is 5.92 Å². The Kier molecular flexibility index (Phi) is 6.45. The summed E-state index contributed by atoms with van der Waals surface area (Å²) in [5, 5.41) is 0. The molecule has 0 aliphatic heterocycles. The first-order valence-electron chi connectivity index (χ1n) is 10.4. The third-order valence-electron chi connectivity index (χ3n) is 5.42. The summed E-state index contributed by atoms with van der Waals surface area (Å²) >= 11 is 0. The standard InChI is InChI=1S/C24H34O2/c1-17(2)25-22-15-10-16-23(26-18(3)4)24(22)21-14-9-8-13-20(21)19-11-6-5-7-12-19/h8-10,14-20H,5-7,11-13H2,1-4H3/t20-/m1/s1. The molecule has 0 unspecified atom stereocenters. The highest BCUT2D eigenvalue weighted by Gasteiger charge is 2.31. The van der Waals surface area contributed by atoms with Crippen molar-refractivity contribution in [1.82, 2.24) is 0 Å². The molecule has 1 aromatic rings. The zero-order valence-electron chi connectivity index (χ0n) is 16.8. The Morgan fingerprint density at radius 3 is 2.08 bits per heavy atom. The summed E-state index contributed by atoms with van der Waals surface area (Å²) in [6.07, 6.45) is 15.1. The number of benzene rings is 1. The van der Waals surface area contributed by atoms with Gasteiger partial charge in [0.1, 0.15) is 11.5 Å². The highest BCUT2D eigenvalue weighted by molar-refractivity contribution is 5.79. The molecule has 0 heterocycles. The average Bonchev–Trinajstić information content (AvgIpc) is 2.62. The van der Waals surface area contributed by atoms with Gasteiger partial charge in [-0.05, 0) is 76.5 Å². The number of hydrogen-bond acceptors (Lipinski definition) is 2. The van der Waals surface area contributed by atoms with Gasteiger partial charge < -0.3 is 9.47 Å². The monoisotopic (exact) mass is 354 g/mol. The number of rotatable bonds is 6. The van der Waals surface area contributed by atoms with Crippen LogP contribution in [-0.4, -0.2) is 12.2 Å². The molecule has 1 fully saturated rings. The molecular weight excluding hydrogens is 320 g/mol. The highest BCUT2D eigenvalue weighted by atomic mass is 16.5. The van der Waals surface area contributed by atoms with Crippen molar-refractivity contribution in [2.24, 2.45) is 11.8 Å². The number of ether oxygens (including phenoxy) is 2. The minimum Gasteiger partial charge on any atom is -0.490 e. The van der Waals surface area contributed by atoms with Crippen LogP contribution in [0.25, 0.3) is 5.57 Å². The van der Waals surface area contributed by atoms with E-state index < -0.39 is 0 Å². The van der Waals surface area contributed by atoms with Crippen LogP contribution in [0.2, 0.25) is 0 Å². The van der Waals surface area contributed by atoms with E-state index in [-0.39, 0.29) is 12.2 Å². The van der Waals surface area contributed by atoms with E-state index in [2.05, 4.69) is 58.1 Å². The van der Waals surface area contributed by atoms with E-state index in [1.54, 1.807) is 0 Å². The molecule has 1 atom stereocenters. The van der Waals surface area contributed by atoms with E-state index >= 15 is 0 Å². The van der Waals surface area contributed by atoms with Gasteiger partial charge in [0, 0.05) is 0 Å². The van der Waals surface area contributed by atoms with Crippen molar-refractivity contribution in [3.63, 3.8) is 0 Å². The molecule has 0 aromatic heterocycles. The average molecular weight is 355 g/mol. The first-order valence-corrected chi connectivity index (χ1v) is 10.4. The van der Waals surface area contributed by atoms with Crippen LogP contribution in [0.4, 0.5) is 0 Å². The second kappa shape index (κ2) is 8.79. The molecule has 2 nitrogen and oxygen atoms in total. The van der Waals surface area contributed by atoms with Crippen molar-refractivity contribution in [1.29, 1.82) is 0 Å². The van der Waals surface area contributed by atoms with Crippen LogP contribution in [-0.2, 0) is 0 Å². The lowest BCUT2D eigenvalue weighted by molar-refractivity contribution is 0.226. The Morgan fingerprint density at radius 1 is 0.885 bits per heavy atom. The van der Waals surface area contributed by atoms with Crippen molar-refractivity contribution < 1.29 is 9.47 Å². The van der Waals surface area contributed by atoms with Gasteiger partial charge in [-0.2, -0.15) is 0 Å². The van der Waals surface area contributed by atoms with Crippen LogP contribution in [0.15, 0.2) is 36.4 Å². The summed E-state index contributed by atoms with van der Waals surface area (Å²) < 4.78 is 12.4. The van der Waals surface area contributed by atoms with Crippen molar-refractivity contribution in [3.8, 4) is 11.5 Å². The summed E-state index contributed by atoms with van der Waals surface area (Å²) in [5.41, 5.74) is 2.58. The molecule has 142 valence electrons. The maximum Gasteiger partial charge on any atom is 0.130 e. The Hall–Kier alpha value is -1.70. The van der Waals surface area contributed by atoms with E-state index in [9.17, 15) is 0 Å². The molecule has 0 bridgehead atoms. The molecule has 0 saturated heterocycles. The lowest BCUT2D eigenvalue weighted by Crippen LogP contribution is -2.21. The van der Waals surface area contributed by atoms with Crippen LogP contribution >= 0.6 is 0 Å². The maximum atomic E-state index is 6.21. The van der Waals surface area contributed by atoms with Crippen molar-refractivity contribution in [2.45, 2.75) is 78.4 Å². The molecule has 0 radical (unpaired) electrons. The third kappa shape index (κ3) is 4.52. The number of hydrogen-bond donors (Lipinski definition) is 0. The first kappa shape index (κ1) is 19.1. The van der Waals surface area contributed by atoms with Gasteiger partial charge in [0.25, 0.3) is 0 Å². The van der Waals surface area contributed by atoms with Gasteiger partial charge in [0.05, 0.1) is 17.8 Å². The minimum absolute atomic E-state index is 0.149. The SMILES string of the molecule is CC(C)Oc1cccc(OC(C)C)c1C1=CC=CC[C@@H]1C1CCCCC1. The Bertz CT molecular complexity index is 620. The van der Waals surface area contributed by atoms with Gasteiger partial charge in [-0.3, -0.25) is 0 Å². The number of allylic oxidation sites excluding steroid dienone is 4. The zero-order valence-corrected chi connectivity index (χ0v) is 16.8. The predicted octanol–water partition coefficient (Wildman–Crippen LogP) is 6.80. The fourth-order valence-electron chi connectivity index (χ4n) is 4.40. The Morgan fingerprint density at radius 2 is 1.50 bits per heavy atom. The Labute approximate surface area is 159 Å². The van der Waals surface area contributed by atoms with Crippen molar-refractivity contribution in [2.75, 3.05) is 0 Å². The van der Waals surface area contributed by atoms with Gasteiger partial charge in [-0.25, -0.2) is 0 Å². The Balaban J connectivity index is 2.02. The molecular formula is C24H34O2. The molecule has 2 heteroatoms. The first-order chi connectivity index (χ1) is 12.6. The molecule has 1 saturated carbocycles. The van der Waals surface area contributed by atoms with Crippen LogP contribution in [0.1, 0.15) is 71.8 Å². The summed E-state index contributed by atoms with van der Waals surface area (Å²) in [4.78, 5) is 0. The molecule has 0 spiro atoms. The molecule has 3 rings (SSSR count). The highest BCUT2D eigenvalue weighted by Crippen LogP contribution is 2.47. The second-order valence-corrected chi connectivity index (χ2v) is 8.25. The van der Waals surface area contributed by atoms with Gasteiger partial charge in [-0.15, -0.1) is 0 Å². The van der Waals surface area contributed by atoms with E-state index in [4.69, 9.17) is 9.47 Å². The van der Waals surface area contributed by atoms with Crippen LogP contribution in [0.3, 0.4) is 0 Å². The smallest absolute Gasteiger partial charge is 0.130 e. The van der Waals surface area contributed by atoms with E-state index in [1.807, 2.05) is 6.07 Å². The summed E-state index contributed by atoms with van der Waals surface area (Å²) in [5.74, 6) is 3.27. The fourth-order valence-corrected chi connectivity index (χ4v) is 4.40. The summed E-state index contributed by atoms with van der Waals surface area (Å²) in [6, 6.07) is 6.24. The van der Waals surface area contributed by atoms with Gasteiger partial charge in [-0.1, -0.05) is 43.6 Å². The minimum atomic E-state index is 0.149. The van der Waals surface area contributed by atoms with Gasteiger partial charge in [0.15, 0.2) is 0 Å². The lowest BCUT2D eigenvalue weighted by Gasteiger charge is -2.34. The fraction of sp³-hybridized carbons (Fsp3) is 0.583. The van der Waals surface area contributed by atoms with Crippen LogP contribution in [0, 0.1) is 11.8 Å². The molecule has 0 amide bonds. The maximum absolute atomic E-state index is 6.21. The van der Waals surface area contributed by atoms with Crippen molar-refractivity contribution in [3.05, 3.63) is 42.0 Å². The zero-order chi connectivity index (χ0) is 18.5. The summed E-state index contributed by atoms with van der Waals surface area (Å²) in [6.45, 7) is 8.36. The molecule has 1 aromatic carbocycles. The van der Waals surface area contributed by atoms with Gasteiger partial charge >= 0.3 is 0 Å². The molecule has 2 aliphatic rings. The van der Waals surface area contributed by atoms with Gasteiger partial charge in [0.2, 0.25) is 0 Å². The van der Waals surface area contributed by atoms with Crippen molar-refractivity contribution >= 4 is 5.57 Å². The second-order valence-electron chi connectivity index (χ2n) is 8.25. The normalized spacial score (nSPS) is 21.2. The largest absolute Gasteiger partial charge is 0.490 e. The molecule has 2 aliphatic carbocycles. The predicted molar refractivity (Wildman–Crippen MR) is 110 cm³/mol. The third-order valence-corrected chi connectivity index (χ3v) is 5.42. The summed E-state index contributed by atoms with van der Waals surface area (Å²) in [7, 11) is 0. The lowest BCUT2D eigenvalue weighted by atomic mass is 9.72. The molecule has 0 N–H and O–H groups in total. The molecule has 26 heavy (non-hydrogen) atoms. The van der Waals surface area contributed by atoms with E-state index in [1.165, 1.54) is 43.2 Å². The van der Waals surface area contributed by atoms with E-state index in [0.717, 1.165) is 23.8 Å². The topological polar surface area (TPSA) is 18.5 Å². The van der Waals surface area contributed by atoms with Crippen LogP contribution in [0.5, 0.6) is 11.5 Å². The quantitative estimate of drug-likeness (QED) is 0.559. The van der Waals surface area contributed by atoms with Crippen LogP contribution < -0.4 is 9.47 Å².